The molecular weight excluding hydrogens is 576 g/mol. The lowest BCUT2D eigenvalue weighted by molar-refractivity contribution is -0.134. The quantitative estimate of drug-likeness (QED) is 0.184. The fraction of sp³-hybridized carbons (Fsp3) is 0.261. The van der Waals surface area contributed by atoms with Crippen molar-refractivity contribution in [2.24, 2.45) is 5.73 Å². The maximum absolute atomic E-state index is 12.8. The minimum absolute atomic E-state index is 0.0435. The molecule has 5 rings (SSSR count). The Bertz CT molecular complexity index is 1940. The number of rotatable bonds is 6. The van der Waals surface area contributed by atoms with Gasteiger partial charge in [-0.3, -0.25) is 18.5 Å². The van der Waals surface area contributed by atoms with Gasteiger partial charge in [-0.05, 0) is 25.0 Å². The second-order valence-electron chi connectivity index (χ2n) is 9.27. The van der Waals surface area contributed by atoms with Crippen molar-refractivity contribution in [3.63, 3.8) is 0 Å². The van der Waals surface area contributed by atoms with Gasteiger partial charge in [0.15, 0.2) is 6.61 Å². The monoisotopic (exact) mass is 598 g/mol. The van der Waals surface area contributed by atoms with E-state index in [1.165, 1.54) is 23.1 Å². The smallest absolute Gasteiger partial charge is 0.295 e. The van der Waals surface area contributed by atoms with Gasteiger partial charge in [0.05, 0.1) is 0 Å². The number of benzene rings is 4. The molecule has 0 aromatic heterocycles. The standard InChI is InChI=1S/C23H22N2O11S3/c24-12-2-1-7-25(10-12)21(26)11-36-17-8-18(37(27,28)29)14-5-6-16-20(39(33,34)35)9-19(38(30,31)32)15-4-3-13(17)22(14)23(15)16/h3-6,8-9,12H,1-2,7,10-11,24H2,(H,27,28,29)(H,30,31,32)(H,33,34,35). The average Bonchev–Trinajstić information content (AvgIpc) is 2.83. The molecule has 5 N–H and O–H groups in total. The highest BCUT2D eigenvalue weighted by molar-refractivity contribution is 7.87. The van der Waals surface area contributed by atoms with E-state index >= 15 is 0 Å². The molecule has 1 saturated heterocycles. The van der Waals surface area contributed by atoms with Gasteiger partial charge in [0.25, 0.3) is 36.3 Å². The first kappa shape index (κ1) is 27.4. The molecule has 0 spiro atoms. The molecule has 39 heavy (non-hydrogen) atoms. The zero-order chi connectivity index (χ0) is 28.5. The zero-order valence-corrected chi connectivity index (χ0v) is 22.4. The molecule has 208 valence electrons. The third kappa shape index (κ3) is 4.88. The highest BCUT2D eigenvalue weighted by atomic mass is 32.2. The Labute approximate surface area is 222 Å². The van der Waals surface area contributed by atoms with E-state index in [1.807, 2.05) is 0 Å². The Morgan fingerprint density at radius 3 is 1.77 bits per heavy atom. The Morgan fingerprint density at radius 2 is 1.28 bits per heavy atom. The lowest BCUT2D eigenvalue weighted by Gasteiger charge is -2.30. The molecular formula is C23H22N2O11S3. The summed E-state index contributed by atoms with van der Waals surface area (Å²) >= 11 is 0. The van der Waals surface area contributed by atoms with Crippen molar-refractivity contribution in [3.8, 4) is 5.75 Å². The number of nitrogens with two attached hydrogens (primary N) is 1. The fourth-order valence-corrected chi connectivity index (χ4v) is 7.30. The van der Waals surface area contributed by atoms with E-state index in [-0.39, 0.29) is 44.1 Å². The summed E-state index contributed by atoms with van der Waals surface area (Å²) in [6.07, 6.45) is 1.46. The zero-order valence-electron chi connectivity index (χ0n) is 19.9. The van der Waals surface area contributed by atoms with Crippen LogP contribution in [0.3, 0.4) is 0 Å². The van der Waals surface area contributed by atoms with Gasteiger partial charge < -0.3 is 15.4 Å². The molecule has 13 nitrogen and oxygen atoms in total. The third-order valence-electron chi connectivity index (χ3n) is 6.74. The Balaban J connectivity index is 1.81. The van der Waals surface area contributed by atoms with Crippen molar-refractivity contribution in [1.82, 2.24) is 4.90 Å². The van der Waals surface area contributed by atoms with E-state index < -0.39 is 57.6 Å². The molecule has 1 aliphatic rings. The first-order valence-corrected chi connectivity index (χ1v) is 15.8. The van der Waals surface area contributed by atoms with Crippen molar-refractivity contribution >= 4 is 68.6 Å². The van der Waals surface area contributed by atoms with Crippen LogP contribution in [0.1, 0.15) is 12.8 Å². The summed E-state index contributed by atoms with van der Waals surface area (Å²) < 4.78 is 109. The van der Waals surface area contributed by atoms with Gasteiger partial charge in [-0.1, -0.05) is 18.2 Å². The number of amides is 1. The first-order valence-electron chi connectivity index (χ1n) is 11.4. The molecule has 1 heterocycles. The number of piperidine rings is 1. The molecule has 1 atom stereocenters. The van der Waals surface area contributed by atoms with E-state index in [1.54, 1.807) is 0 Å². The number of carbonyl (C=O) groups excluding carboxylic acids is 1. The van der Waals surface area contributed by atoms with Gasteiger partial charge in [0.2, 0.25) is 0 Å². The van der Waals surface area contributed by atoms with Crippen LogP contribution in [-0.2, 0) is 35.1 Å². The van der Waals surface area contributed by atoms with Crippen LogP contribution in [0.4, 0.5) is 0 Å². The van der Waals surface area contributed by atoms with Gasteiger partial charge in [0.1, 0.15) is 20.4 Å². The Hall–Kier alpha value is -3.12. The largest absolute Gasteiger partial charge is 0.483 e. The summed E-state index contributed by atoms with van der Waals surface area (Å²) in [6.45, 7) is 0.253. The van der Waals surface area contributed by atoms with Gasteiger partial charge in [-0.2, -0.15) is 25.3 Å². The number of carbonyl (C=O) groups is 1. The molecule has 4 aromatic rings. The van der Waals surface area contributed by atoms with Gasteiger partial charge in [-0.15, -0.1) is 0 Å². The highest BCUT2D eigenvalue weighted by Crippen LogP contribution is 2.45. The summed E-state index contributed by atoms with van der Waals surface area (Å²) in [5.74, 6) is -0.601. The van der Waals surface area contributed by atoms with Gasteiger partial charge in [0, 0.05) is 57.5 Å². The summed E-state index contributed by atoms with van der Waals surface area (Å²) in [5, 5.41) is -0.536. The van der Waals surface area contributed by atoms with Crippen LogP contribution >= 0.6 is 0 Å². The second kappa shape index (κ2) is 9.22. The highest BCUT2D eigenvalue weighted by Gasteiger charge is 2.29. The maximum atomic E-state index is 12.8. The number of hydrogen-bond donors (Lipinski definition) is 4. The lowest BCUT2D eigenvalue weighted by Crippen LogP contribution is -2.47. The van der Waals surface area contributed by atoms with Crippen LogP contribution in [0, 0.1) is 0 Å². The van der Waals surface area contributed by atoms with Crippen LogP contribution in [-0.4, -0.2) is 75.5 Å². The van der Waals surface area contributed by atoms with Crippen molar-refractivity contribution in [3.05, 3.63) is 36.4 Å². The first-order chi connectivity index (χ1) is 18.1. The third-order valence-corrected chi connectivity index (χ3v) is 9.42. The Kier molecular flexibility index (Phi) is 6.49. The molecule has 1 fully saturated rings. The van der Waals surface area contributed by atoms with E-state index in [0.29, 0.717) is 25.6 Å². The van der Waals surface area contributed by atoms with Gasteiger partial charge >= 0.3 is 0 Å². The predicted octanol–water partition coefficient (Wildman–Crippen LogP) is 1.65. The predicted molar refractivity (Wildman–Crippen MR) is 139 cm³/mol. The summed E-state index contributed by atoms with van der Waals surface area (Å²) in [7, 11) is -15.0. The van der Waals surface area contributed by atoms with E-state index in [0.717, 1.165) is 18.6 Å². The number of nitrogens with zero attached hydrogens (tertiary/aromatic N) is 1. The van der Waals surface area contributed by atoms with Crippen molar-refractivity contribution in [2.45, 2.75) is 33.6 Å². The molecule has 0 radical (unpaired) electrons. The number of ether oxygens (including phenoxy) is 1. The van der Waals surface area contributed by atoms with Crippen LogP contribution in [0.5, 0.6) is 5.75 Å². The Morgan fingerprint density at radius 1 is 0.821 bits per heavy atom. The van der Waals surface area contributed by atoms with E-state index in [4.69, 9.17) is 10.5 Å². The maximum Gasteiger partial charge on any atom is 0.295 e. The van der Waals surface area contributed by atoms with Crippen LogP contribution in [0.2, 0.25) is 0 Å². The molecule has 4 aromatic carbocycles. The molecule has 0 aliphatic carbocycles. The fourth-order valence-electron chi connectivity index (χ4n) is 5.09. The molecule has 1 amide bonds. The number of hydrogen-bond acceptors (Lipinski definition) is 9. The van der Waals surface area contributed by atoms with Crippen LogP contribution in [0.25, 0.3) is 32.3 Å². The molecule has 16 heteroatoms. The number of likely N-dealkylation sites (tertiary alicyclic amines) is 1. The van der Waals surface area contributed by atoms with Crippen LogP contribution < -0.4 is 10.5 Å². The van der Waals surface area contributed by atoms with E-state index in [2.05, 4.69) is 0 Å². The van der Waals surface area contributed by atoms with E-state index in [9.17, 15) is 43.7 Å². The SMILES string of the molecule is NC1CCCN(C(=O)COc2cc(S(=O)(=O)O)c3ccc4c(S(=O)(=O)O)cc(S(=O)(=O)O)c5ccc2c3c54)C1. The summed E-state index contributed by atoms with van der Waals surface area (Å²) in [6, 6.07) is 6.30. The normalized spacial score (nSPS) is 17.3. The molecule has 0 saturated carbocycles. The molecule has 0 bridgehead atoms. The van der Waals surface area contributed by atoms with Crippen LogP contribution in [0.15, 0.2) is 51.1 Å². The van der Waals surface area contributed by atoms with Crippen molar-refractivity contribution < 1.29 is 48.4 Å². The summed E-state index contributed by atoms with van der Waals surface area (Å²) in [5.41, 5.74) is 5.93. The molecule has 1 aliphatic heterocycles. The second-order valence-corrected chi connectivity index (χ2v) is 13.4. The van der Waals surface area contributed by atoms with Crippen molar-refractivity contribution in [2.75, 3.05) is 19.7 Å². The minimum atomic E-state index is -5.03. The average molecular weight is 599 g/mol. The van der Waals surface area contributed by atoms with Gasteiger partial charge in [-0.25, -0.2) is 0 Å². The molecule has 1 unspecified atom stereocenters. The van der Waals surface area contributed by atoms with Crippen molar-refractivity contribution in [1.29, 1.82) is 0 Å². The lowest BCUT2D eigenvalue weighted by atomic mass is 9.93. The summed E-state index contributed by atoms with van der Waals surface area (Å²) in [4.78, 5) is 11.9. The minimum Gasteiger partial charge on any atom is -0.483 e. The topological polar surface area (TPSA) is 219 Å².